The van der Waals surface area contributed by atoms with Gasteiger partial charge in [0.2, 0.25) is 0 Å². The highest BCUT2D eigenvalue weighted by molar-refractivity contribution is 7.90. The van der Waals surface area contributed by atoms with E-state index in [9.17, 15) is 8.42 Å². The summed E-state index contributed by atoms with van der Waals surface area (Å²) >= 11 is 0. The summed E-state index contributed by atoms with van der Waals surface area (Å²) in [6.45, 7) is 2.18. The summed E-state index contributed by atoms with van der Waals surface area (Å²) in [5, 5.41) is 1.80. The van der Waals surface area contributed by atoms with E-state index in [-0.39, 0.29) is 4.90 Å². The summed E-state index contributed by atoms with van der Waals surface area (Å²) in [7, 11) is -2.19. The Bertz CT molecular complexity index is 1670. The summed E-state index contributed by atoms with van der Waals surface area (Å²) in [5.74, 6) is 0.814. The lowest BCUT2D eigenvalue weighted by Gasteiger charge is -2.09. The molecule has 0 aliphatic heterocycles. The van der Waals surface area contributed by atoms with Crippen molar-refractivity contribution in [2.45, 2.75) is 37.5 Å². The van der Waals surface area contributed by atoms with E-state index in [1.54, 1.807) is 37.6 Å². The third kappa shape index (κ3) is 4.89. The Morgan fingerprint density at radius 1 is 0.892 bits per heavy atom. The van der Waals surface area contributed by atoms with Crippen molar-refractivity contribution in [3.63, 3.8) is 0 Å². The van der Waals surface area contributed by atoms with Gasteiger partial charge in [0.05, 0.1) is 17.5 Å². The second-order valence-corrected chi connectivity index (χ2v) is 10.9. The van der Waals surface area contributed by atoms with Gasteiger partial charge in [-0.3, -0.25) is 0 Å². The zero-order valence-electron chi connectivity index (χ0n) is 21.1. The Morgan fingerprint density at radius 3 is 2.35 bits per heavy atom. The fourth-order valence-corrected chi connectivity index (χ4v) is 6.20. The van der Waals surface area contributed by atoms with Gasteiger partial charge < -0.3 is 4.74 Å². The molecule has 0 radical (unpaired) electrons. The SMILES string of the molecule is CCCCCc1ccnc2c1c1cc(C=Cc3ccc(OC)cc3)ccc1n2S(=O)(=O)c1ccccc1. The number of unbranched alkanes of at least 4 members (excludes halogenated alkanes) is 2. The monoisotopic (exact) mass is 510 g/mol. The molecule has 3 aromatic carbocycles. The second kappa shape index (κ2) is 10.6. The van der Waals surface area contributed by atoms with Gasteiger partial charge in [-0.15, -0.1) is 0 Å². The first-order chi connectivity index (χ1) is 18.0. The first kappa shape index (κ1) is 24.8. The molecule has 0 bridgehead atoms. The van der Waals surface area contributed by atoms with Crippen LogP contribution in [0.3, 0.4) is 0 Å². The van der Waals surface area contributed by atoms with Crippen LogP contribution in [0.4, 0.5) is 0 Å². The van der Waals surface area contributed by atoms with Gasteiger partial charge in [0.1, 0.15) is 5.75 Å². The molecule has 37 heavy (non-hydrogen) atoms. The molecule has 2 heterocycles. The van der Waals surface area contributed by atoms with Gasteiger partial charge in [-0.05, 0) is 72.0 Å². The molecule has 5 nitrogen and oxygen atoms in total. The summed E-state index contributed by atoms with van der Waals surface area (Å²) in [4.78, 5) is 4.84. The highest BCUT2D eigenvalue weighted by Crippen LogP contribution is 2.35. The standard InChI is InChI=1S/C31H30N2O3S/c1-3-4-6-9-25-20-21-32-31-30(25)28-22-24(13-12-23-14-17-26(36-2)18-15-23)16-19-29(28)33(31)37(34,35)27-10-7-5-8-11-27/h5,7-8,10-22H,3-4,6,9H2,1-2H3. The van der Waals surface area contributed by atoms with Crippen LogP contribution in [0.25, 0.3) is 34.1 Å². The number of benzene rings is 3. The smallest absolute Gasteiger partial charge is 0.269 e. The van der Waals surface area contributed by atoms with Crippen molar-refractivity contribution in [3.8, 4) is 5.75 Å². The van der Waals surface area contributed by atoms with Crippen molar-refractivity contribution in [2.75, 3.05) is 7.11 Å². The number of pyridine rings is 1. The van der Waals surface area contributed by atoms with Gasteiger partial charge in [0.25, 0.3) is 10.0 Å². The fourth-order valence-electron chi connectivity index (χ4n) is 4.71. The summed E-state index contributed by atoms with van der Waals surface area (Å²) in [6.07, 6.45) is 9.99. The molecule has 0 aliphatic rings. The molecular weight excluding hydrogens is 480 g/mol. The van der Waals surface area contributed by atoms with Crippen molar-refractivity contribution >= 4 is 44.1 Å². The van der Waals surface area contributed by atoms with E-state index in [0.29, 0.717) is 11.2 Å². The van der Waals surface area contributed by atoms with Crippen molar-refractivity contribution < 1.29 is 13.2 Å². The molecule has 0 saturated heterocycles. The molecular formula is C31H30N2O3S. The number of ether oxygens (including phenoxy) is 1. The number of methoxy groups -OCH3 is 1. The van der Waals surface area contributed by atoms with Gasteiger partial charge in [0.15, 0.2) is 5.65 Å². The normalized spacial score (nSPS) is 12.1. The summed E-state index contributed by atoms with van der Waals surface area (Å²) in [6, 6.07) is 24.4. The van der Waals surface area contributed by atoms with E-state index in [4.69, 9.17) is 4.74 Å². The molecule has 0 atom stereocenters. The maximum Gasteiger partial charge on any atom is 0.269 e. The molecule has 188 valence electrons. The molecule has 0 saturated carbocycles. The van der Waals surface area contributed by atoms with Gasteiger partial charge in [-0.25, -0.2) is 17.4 Å². The Labute approximate surface area is 218 Å². The second-order valence-electron chi connectivity index (χ2n) is 9.09. The van der Waals surface area contributed by atoms with E-state index in [2.05, 4.69) is 18.0 Å². The Hall–Kier alpha value is -3.90. The van der Waals surface area contributed by atoms with Crippen molar-refractivity contribution in [1.82, 2.24) is 8.96 Å². The Balaban J connectivity index is 1.68. The van der Waals surface area contributed by atoms with E-state index >= 15 is 0 Å². The summed E-state index contributed by atoms with van der Waals surface area (Å²) < 4.78 is 34.3. The first-order valence-corrected chi connectivity index (χ1v) is 14.0. The average molecular weight is 511 g/mol. The van der Waals surface area contributed by atoms with E-state index in [0.717, 1.165) is 58.9 Å². The van der Waals surface area contributed by atoms with Crippen LogP contribution >= 0.6 is 0 Å². The number of fused-ring (bicyclic) bond motifs is 3. The molecule has 6 heteroatoms. The van der Waals surface area contributed by atoms with Crippen LogP contribution in [0.5, 0.6) is 5.75 Å². The van der Waals surface area contributed by atoms with Crippen LogP contribution in [0, 0.1) is 0 Å². The topological polar surface area (TPSA) is 61.2 Å². The maximum atomic E-state index is 13.8. The number of aromatic nitrogens is 2. The minimum atomic E-state index is -3.84. The van der Waals surface area contributed by atoms with Crippen molar-refractivity contribution in [1.29, 1.82) is 0 Å². The molecule has 0 spiro atoms. The van der Waals surface area contributed by atoms with Gasteiger partial charge in [-0.2, -0.15) is 0 Å². The number of hydrogen-bond acceptors (Lipinski definition) is 4. The Morgan fingerprint density at radius 2 is 1.62 bits per heavy atom. The minimum absolute atomic E-state index is 0.246. The molecule has 0 N–H and O–H groups in total. The Kier molecular flexibility index (Phi) is 7.10. The average Bonchev–Trinajstić information content (AvgIpc) is 3.28. The van der Waals surface area contributed by atoms with E-state index in [1.807, 2.05) is 60.7 Å². The van der Waals surface area contributed by atoms with Crippen molar-refractivity contribution in [3.05, 3.63) is 102 Å². The first-order valence-electron chi connectivity index (χ1n) is 12.6. The zero-order chi connectivity index (χ0) is 25.8. The molecule has 2 aromatic heterocycles. The lowest BCUT2D eigenvalue weighted by molar-refractivity contribution is 0.415. The predicted octanol–water partition coefficient (Wildman–Crippen LogP) is 7.34. The largest absolute Gasteiger partial charge is 0.497 e. The number of nitrogens with zero attached hydrogens (tertiary/aromatic N) is 2. The lowest BCUT2D eigenvalue weighted by Crippen LogP contribution is -2.13. The number of rotatable bonds is 9. The summed E-state index contributed by atoms with van der Waals surface area (Å²) in [5.41, 5.74) is 4.28. The minimum Gasteiger partial charge on any atom is -0.497 e. The van der Waals surface area contributed by atoms with Gasteiger partial charge in [-0.1, -0.05) is 68.3 Å². The maximum absolute atomic E-state index is 13.8. The highest BCUT2D eigenvalue weighted by Gasteiger charge is 2.25. The third-order valence-electron chi connectivity index (χ3n) is 6.63. The lowest BCUT2D eigenvalue weighted by atomic mass is 10.0. The third-order valence-corrected chi connectivity index (χ3v) is 8.35. The van der Waals surface area contributed by atoms with Gasteiger partial charge >= 0.3 is 0 Å². The van der Waals surface area contributed by atoms with E-state index < -0.39 is 10.0 Å². The molecule has 0 fully saturated rings. The van der Waals surface area contributed by atoms with Crippen molar-refractivity contribution in [2.24, 2.45) is 0 Å². The zero-order valence-corrected chi connectivity index (χ0v) is 21.9. The molecule has 5 rings (SSSR count). The molecule has 0 unspecified atom stereocenters. The van der Waals surface area contributed by atoms with Crippen LogP contribution in [0.1, 0.15) is 42.9 Å². The van der Waals surface area contributed by atoms with Gasteiger partial charge in [0, 0.05) is 17.0 Å². The quantitative estimate of drug-likeness (QED) is 0.154. The molecule has 5 aromatic rings. The number of hydrogen-bond donors (Lipinski definition) is 0. The van der Waals surface area contributed by atoms with Crippen LogP contribution in [0.2, 0.25) is 0 Å². The van der Waals surface area contributed by atoms with Crippen LogP contribution in [-0.2, 0) is 16.4 Å². The van der Waals surface area contributed by atoms with Crippen LogP contribution < -0.4 is 4.74 Å². The van der Waals surface area contributed by atoms with Crippen LogP contribution in [-0.4, -0.2) is 24.5 Å². The fraction of sp³-hybridized carbons (Fsp3) is 0.194. The molecule has 0 amide bonds. The van der Waals surface area contributed by atoms with E-state index in [1.165, 1.54) is 3.97 Å². The number of aryl methyl sites for hydroxylation is 1. The predicted molar refractivity (Wildman–Crippen MR) is 151 cm³/mol. The highest BCUT2D eigenvalue weighted by atomic mass is 32.2. The molecule has 0 aliphatic carbocycles. The van der Waals surface area contributed by atoms with Crippen LogP contribution in [0.15, 0.2) is 90.0 Å².